The molecule has 7 nitrogen and oxygen atoms in total. The Morgan fingerprint density at radius 2 is 1.79 bits per heavy atom. The number of benzene rings is 1. The van der Waals surface area contributed by atoms with Gasteiger partial charge < -0.3 is 14.2 Å². The van der Waals surface area contributed by atoms with Crippen molar-refractivity contribution < 1.29 is 19.2 Å². The van der Waals surface area contributed by atoms with E-state index in [0.29, 0.717) is 6.61 Å². The van der Waals surface area contributed by atoms with Crippen LogP contribution >= 0.6 is 0 Å². The van der Waals surface area contributed by atoms with E-state index in [0.717, 1.165) is 11.3 Å². The lowest BCUT2D eigenvalue weighted by Crippen LogP contribution is -2.90. The van der Waals surface area contributed by atoms with Gasteiger partial charge in [-0.15, -0.1) is 0 Å². The number of nitriles is 2. The Morgan fingerprint density at radius 1 is 1.17 bits per heavy atom. The number of amidine groups is 1. The van der Waals surface area contributed by atoms with E-state index in [4.69, 9.17) is 19.9 Å². The number of fused-ring (bicyclic) bond motifs is 1. The molecule has 2 aliphatic rings. The normalized spacial score (nSPS) is 32.2. The maximum absolute atomic E-state index is 9.95. The zero-order chi connectivity index (χ0) is 17.6. The molecule has 1 aliphatic heterocycles. The Labute approximate surface area is 140 Å². The summed E-state index contributed by atoms with van der Waals surface area (Å²) >= 11 is 0. The first-order valence-electron chi connectivity index (χ1n) is 7.60. The van der Waals surface area contributed by atoms with Crippen molar-refractivity contribution in [3.63, 3.8) is 0 Å². The molecule has 1 fully saturated rings. The van der Waals surface area contributed by atoms with Crippen molar-refractivity contribution in [3.8, 4) is 17.9 Å². The van der Waals surface area contributed by atoms with E-state index in [-0.39, 0.29) is 5.84 Å². The molecule has 0 bridgehead atoms. The van der Waals surface area contributed by atoms with E-state index >= 15 is 0 Å². The highest BCUT2D eigenvalue weighted by atomic mass is 16.7. The van der Waals surface area contributed by atoms with E-state index in [9.17, 15) is 10.5 Å². The summed E-state index contributed by atoms with van der Waals surface area (Å²) in [5.41, 5.74) is 4.44. The Morgan fingerprint density at radius 3 is 2.25 bits per heavy atom. The predicted molar refractivity (Wildman–Crippen MR) is 83.4 cm³/mol. The third-order valence-corrected chi connectivity index (χ3v) is 5.10. The number of nitrogens with two attached hydrogens (primary N) is 1. The zero-order valence-corrected chi connectivity index (χ0v) is 13.8. The molecule has 1 aromatic rings. The van der Waals surface area contributed by atoms with Gasteiger partial charge in [-0.1, -0.05) is 12.1 Å². The van der Waals surface area contributed by atoms with E-state index in [1.807, 2.05) is 31.2 Å². The Bertz CT molecular complexity index is 773. The molecular formula is C17H19N4O3+. The smallest absolute Gasteiger partial charge is 0.342 e. The minimum Gasteiger partial charge on any atom is -0.494 e. The molecule has 1 heterocycles. The quantitative estimate of drug-likeness (QED) is 0.711. The van der Waals surface area contributed by atoms with Crippen LogP contribution < -0.4 is 15.5 Å². The van der Waals surface area contributed by atoms with Gasteiger partial charge in [0.15, 0.2) is 10.8 Å². The fourth-order valence-corrected chi connectivity index (χ4v) is 4.04. The summed E-state index contributed by atoms with van der Waals surface area (Å²) in [6.45, 7) is 2.47. The lowest BCUT2D eigenvalue weighted by molar-refractivity contribution is -0.687. The van der Waals surface area contributed by atoms with Gasteiger partial charge in [0, 0.05) is 20.1 Å². The topological polar surface area (TPSA) is 115 Å². The summed E-state index contributed by atoms with van der Waals surface area (Å²) < 4.78 is 16.4. The third-order valence-electron chi connectivity index (χ3n) is 5.10. The van der Waals surface area contributed by atoms with Crippen molar-refractivity contribution >= 4 is 5.84 Å². The molecule has 0 saturated heterocycles. The molecule has 3 N–H and O–H groups in total. The van der Waals surface area contributed by atoms with Crippen LogP contribution in [0.1, 0.15) is 18.4 Å². The van der Waals surface area contributed by atoms with E-state index < -0.39 is 22.7 Å². The number of nitrogens with one attached hydrogen (secondary N) is 1. The molecule has 0 spiro atoms. The zero-order valence-electron chi connectivity index (χ0n) is 13.8. The SMILES string of the molecule is CCOc1ccc([C@H]2[C@]3(C#N)C(N)=[NH+]C(OC)(OC)[C@]23C#N)cc1. The molecule has 1 aromatic carbocycles. The standard InChI is InChI=1S/C17H18N4O3/c1-4-24-12-7-5-11(6-8-12)13-15(9-18)14(20)21-17(22-2,23-3)16(13,15)10-19/h5-8,13H,4H2,1-3H3,(H2,20,21)/p+1/t13-,15+,16+/m0/s1. The summed E-state index contributed by atoms with van der Waals surface area (Å²) in [4.78, 5) is 2.86. The Kier molecular flexibility index (Phi) is 3.52. The monoisotopic (exact) mass is 327 g/mol. The minimum absolute atomic E-state index is 0.189. The second-order valence-electron chi connectivity index (χ2n) is 5.84. The van der Waals surface area contributed by atoms with Crippen molar-refractivity contribution in [2.45, 2.75) is 18.8 Å². The lowest BCUT2D eigenvalue weighted by atomic mass is 9.93. The van der Waals surface area contributed by atoms with Gasteiger partial charge in [-0.2, -0.15) is 10.5 Å². The molecule has 3 rings (SSSR count). The van der Waals surface area contributed by atoms with Crippen LogP contribution in [0, 0.1) is 33.5 Å². The molecule has 0 radical (unpaired) electrons. The van der Waals surface area contributed by atoms with Crippen molar-refractivity contribution in [3.05, 3.63) is 29.8 Å². The molecule has 1 aliphatic carbocycles. The number of hydrogen-bond acceptors (Lipinski definition) is 6. The molecule has 0 unspecified atom stereocenters. The summed E-state index contributed by atoms with van der Waals surface area (Å²) in [6.07, 6.45) is 0. The molecule has 7 heteroatoms. The third kappa shape index (κ3) is 1.53. The van der Waals surface area contributed by atoms with Crippen LogP contribution in [0.2, 0.25) is 0 Å². The van der Waals surface area contributed by atoms with Crippen LogP contribution in [0.15, 0.2) is 24.3 Å². The Hall–Kier alpha value is -2.61. The van der Waals surface area contributed by atoms with Gasteiger partial charge in [0.1, 0.15) is 5.75 Å². The molecule has 3 atom stereocenters. The number of nitrogens with zero attached hydrogens (tertiary/aromatic N) is 2. The number of rotatable bonds is 5. The van der Waals surface area contributed by atoms with Crippen LogP contribution in [-0.4, -0.2) is 32.6 Å². The van der Waals surface area contributed by atoms with Gasteiger partial charge in [0.2, 0.25) is 0 Å². The highest BCUT2D eigenvalue weighted by molar-refractivity contribution is 5.95. The van der Waals surface area contributed by atoms with Gasteiger partial charge >= 0.3 is 5.91 Å². The minimum atomic E-state index is -1.47. The molecular weight excluding hydrogens is 308 g/mol. The Balaban J connectivity index is 2.12. The average molecular weight is 327 g/mol. The summed E-state index contributed by atoms with van der Waals surface area (Å²) in [5.74, 6) is -1.01. The van der Waals surface area contributed by atoms with Gasteiger partial charge in [-0.05, 0) is 24.6 Å². The fraction of sp³-hybridized carbons (Fsp3) is 0.471. The fourth-order valence-electron chi connectivity index (χ4n) is 4.04. The van der Waals surface area contributed by atoms with Crippen LogP contribution in [0.4, 0.5) is 0 Å². The van der Waals surface area contributed by atoms with Crippen molar-refractivity contribution in [1.82, 2.24) is 0 Å². The summed E-state index contributed by atoms with van der Waals surface area (Å²) in [7, 11) is 2.84. The van der Waals surface area contributed by atoms with Crippen LogP contribution in [0.3, 0.4) is 0 Å². The maximum atomic E-state index is 9.95. The largest absolute Gasteiger partial charge is 0.494 e. The molecule has 0 amide bonds. The van der Waals surface area contributed by atoms with E-state index in [1.165, 1.54) is 14.2 Å². The second-order valence-corrected chi connectivity index (χ2v) is 5.84. The maximum Gasteiger partial charge on any atom is 0.342 e. The molecule has 0 aromatic heterocycles. The van der Waals surface area contributed by atoms with E-state index in [1.54, 1.807) is 0 Å². The number of ether oxygens (including phenoxy) is 3. The highest BCUT2D eigenvalue weighted by Gasteiger charge is 2.96. The lowest BCUT2D eigenvalue weighted by Gasteiger charge is -2.26. The van der Waals surface area contributed by atoms with Crippen molar-refractivity contribution in [2.75, 3.05) is 20.8 Å². The van der Waals surface area contributed by atoms with Gasteiger partial charge in [-0.25, -0.2) is 4.99 Å². The highest BCUT2D eigenvalue weighted by Crippen LogP contribution is 2.78. The van der Waals surface area contributed by atoms with Gasteiger partial charge in [-0.3, -0.25) is 5.73 Å². The molecule has 124 valence electrons. The first-order valence-corrected chi connectivity index (χ1v) is 7.60. The first kappa shape index (κ1) is 16.3. The molecule has 1 saturated carbocycles. The average Bonchev–Trinajstić information content (AvgIpc) is 3.18. The number of hydrogen-bond donors (Lipinski definition) is 2. The summed E-state index contributed by atoms with van der Waals surface area (Å²) in [5, 5.41) is 19.8. The van der Waals surface area contributed by atoms with Crippen molar-refractivity contribution in [2.24, 2.45) is 16.6 Å². The van der Waals surface area contributed by atoms with Gasteiger partial charge in [0.25, 0.3) is 5.84 Å². The van der Waals surface area contributed by atoms with Gasteiger partial charge in [0.05, 0.1) is 18.7 Å². The van der Waals surface area contributed by atoms with Crippen LogP contribution in [-0.2, 0) is 9.47 Å². The molecule has 24 heavy (non-hydrogen) atoms. The first-order chi connectivity index (χ1) is 11.5. The second kappa shape index (κ2) is 5.20. The number of methoxy groups -OCH3 is 2. The van der Waals surface area contributed by atoms with Crippen molar-refractivity contribution in [1.29, 1.82) is 10.5 Å². The van der Waals surface area contributed by atoms with Crippen LogP contribution in [0.25, 0.3) is 0 Å². The van der Waals surface area contributed by atoms with E-state index in [2.05, 4.69) is 17.1 Å². The predicted octanol–water partition coefficient (Wildman–Crippen LogP) is -0.400. The van der Waals surface area contributed by atoms with Crippen LogP contribution in [0.5, 0.6) is 5.75 Å². The summed E-state index contributed by atoms with van der Waals surface area (Å²) in [6, 6.07) is 11.8.